The van der Waals surface area contributed by atoms with Crippen LogP contribution < -0.4 is 11.1 Å². The van der Waals surface area contributed by atoms with Crippen LogP contribution in [0.4, 0.5) is 16.2 Å². The number of nitrogens with one attached hydrogen (secondary N) is 1. The van der Waals surface area contributed by atoms with Crippen LogP contribution in [-0.4, -0.2) is 24.7 Å². The van der Waals surface area contributed by atoms with Crippen molar-refractivity contribution in [3.63, 3.8) is 0 Å². The smallest absolute Gasteiger partial charge is 0.225 e. The molecule has 0 amide bonds. The highest BCUT2D eigenvalue weighted by Crippen LogP contribution is 2.32. The van der Waals surface area contributed by atoms with Crippen LogP contribution in [0.2, 0.25) is 0 Å². The lowest BCUT2D eigenvalue weighted by molar-refractivity contribution is 0.628. The van der Waals surface area contributed by atoms with Gasteiger partial charge in [0.2, 0.25) is 5.95 Å². The van der Waals surface area contributed by atoms with Gasteiger partial charge in [-0.2, -0.15) is 4.98 Å². The van der Waals surface area contributed by atoms with Gasteiger partial charge in [-0.25, -0.2) is 14.1 Å². The zero-order valence-corrected chi connectivity index (χ0v) is 17.1. The SMILES string of the molecule is Nc1c2c(-c3ccc(F)cc3)nc(NCc3ccccn3)nc2nn1Cc1ccccc1. The summed E-state index contributed by atoms with van der Waals surface area (Å²) in [4.78, 5) is 13.6. The first-order valence-electron chi connectivity index (χ1n) is 10.1. The predicted octanol–water partition coefficient (Wildman–Crippen LogP) is 4.27. The Balaban J connectivity index is 1.58. The lowest BCUT2D eigenvalue weighted by Gasteiger charge is -2.08. The van der Waals surface area contributed by atoms with Crippen LogP contribution in [0.15, 0.2) is 79.0 Å². The molecule has 5 rings (SSSR count). The molecule has 5 aromatic rings. The largest absolute Gasteiger partial charge is 0.383 e. The summed E-state index contributed by atoms with van der Waals surface area (Å²) < 4.78 is 15.2. The Kier molecular flexibility index (Phi) is 5.17. The minimum absolute atomic E-state index is 0.319. The maximum atomic E-state index is 13.5. The molecule has 0 aliphatic rings. The van der Waals surface area contributed by atoms with E-state index in [2.05, 4.69) is 20.4 Å². The van der Waals surface area contributed by atoms with Crippen LogP contribution in [0, 0.1) is 5.82 Å². The van der Waals surface area contributed by atoms with E-state index in [4.69, 9.17) is 10.7 Å². The van der Waals surface area contributed by atoms with E-state index in [0.29, 0.717) is 41.6 Å². The highest BCUT2D eigenvalue weighted by molar-refractivity contribution is 5.98. The number of anilines is 2. The summed E-state index contributed by atoms with van der Waals surface area (Å²) >= 11 is 0. The van der Waals surface area contributed by atoms with Gasteiger partial charge >= 0.3 is 0 Å². The Morgan fingerprint density at radius 1 is 0.906 bits per heavy atom. The van der Waals surface area contributed by atoms with Crippen molar-refractivity contribution in [3.8, 4) is 11.3 Å². The van der Waals surface area contributed by atoms with Gasteiger partial charge in [0.05, 0.1) is 29.9 Å². The Bertz CT molecular complexity index is 1350. The van der Waals surface area contributed by atoms with E-state index >= 15 is 0 Å². The maximum Gasteiger partial charge on any atom is 0.225 e. The van der Waals surface area contributed by atoms with Crippen LogP contribution in [0.3, 0.4) is 0 Å². The van der Waals surface area contributed by atoms with Gasteiger partial charge in [-0.3, -0.25) is 4.98 Å². The maximum absolute atomic E-state index is 13.5. The van der Waals surface area contributed by atoms with Gasteiger partial charge in [0.15, 0.2) is 5.65 Å². The van der Waals surface area contributed by atoms with Crippen molar-refractivity contribution in [1.82, 2.24) is 24.7 Å². The normalized spacial score (nSPS) is 11.0. The quantitative estimate of drug-likeness (QED) is 0.422. The average Bonchev–Trinajstić information content (AvgIpc) is 3.14. The molecule has 7 nitrogen and oxygen atoms in total. The minimum Gasteiger partial charge on any atom is -0.383 e. The lowest BCUT2D eigenvalue weighted by Crippen LogP contribution is -2.06. The Hall–Kier alpha value is -4.33. The molecule has 0 bridgehead atoms. The number of rotatable bonds is 6. The van der Waals surface area contributed by atoms with Gasteiger partial charge in [-0.05, 0) is 42.0 Å². The molecule has 0 aliphatic heterocycles. The molecule has 3 N–H and O–H groups in total. The molecule has 3 aromatic heterocycles. The van der Waals surface area contributed by atoms with Gasteiger partial charge in [-0.15, -0.1) is 5.10 Å². The number of fused-ring (bicyclic) bond motifs is 1. The molecule has 0 radical (unpaired) electrons. The van der Waals surface area contributed by atoms with E-state index in [9.17, 15) is 4.39 Å². The van der Waals surface area contributed by atoms with E-state index in [1.54, 1.807) is 23.0 Å². The summed E-state index contributed by atoms with van der Waals surface area (Å²) in [6.07, 6.45) is 1.73. The van der Waals surface area contributed by atoms with Crippen molar-refractivity contribution >= 4 is 22.8 Å². The first-order chi connectivity index (χ1) is 15.7. The second-order valence-electron chi connectivity index (χ2n) is 7.30. The van der Waals surface area contributed by atoms with Crippen molar-refractivity contribution in [3.05, 3.63) is 96.1 Å². The zero-order chi connectivity index (χ0) is 21.9. The van der Waals surface area contributed by atoms with E-state index in [1.807, 2.05) is 48.5 Å². The van der Waals surface area contributed by atoms with Crippen molar-refractivity contribution in [2.45, 2.75) is 13.1 Å². The van der Waals surface area contributed by atoms with Gasteiger partial charge in [0.1, 0.15) is 11.6 Å². The van der Waals surface area contributed by atoms with E-state index < -0.39 is 0 Å². The summed E-state index contributed by atoms with van der Waals surface area (Å²) in [7, 11) is 0. The van der Waals surface area contributed by atoms with Crippen LogP contribution in [0.1, 0.15) is 11.3 Å². The first-order valence-corrected chi connectivity index (χ1v) is 10.1. The summed E-state index contributed by atoms with van der Waals surface area (Å²) in [6.45, 7) is 0.956. The Morgan fingerprint density at radius 2 is 1.69 bits per heavy atom. The summed E-state index contributed by atoms with van der Waals surface area (Å²) in [5.41, 5.74) is 10.2. The van der Waals surface area contributed by atoms with E-state index in [-0.39, 0.29) is 5.82 Å². The average molecular weight is 425 g/mol. The molecule has 3 heterocycles. The molecule has 158 valence electrons. The predicted molar refractivity (Wildman–Crippen MR) is 122 cm³/mol. The molecule has 0 saturated carbocycles. The number of nitrogens with zero attached hydrogens (tertiary/aromatic N) is 5. The third-order valence-electron chi connectivity index (χ3n) is 5.09. The topological polar surface area (TPSA) is 94.5 Å². The van der Waals surface area contributed by atoms with Gasteiger partial charge in [0, 0.05) is 11.8 Å². The third kappa shape index (κ3) is 3.98. The second kappa shape index (κ2) is 8.43. The number of halogens is 1. The fourth-order valence-electron chi connectivity index (χ4n) is 3.50. The monoisotopic (exact) mass is 425 g/mol. The third-order valence-corrected chi connectivity index (χ3v) is 5.09. The number of nitrogen functional groups attached to an aromatic ring is 1. The molecule has 32 heavy (non-hydrogen) atoms. The number of pyridine rings is 1. The second-order valence-corrected chi connectivity index (χ2v) is 7.30. The van der Waals surface area contributed by atoms with Gasteiger partial charge in [-0.1, -0.05) is 36.4 Å². The fraction of sp³-hybridized carbons (Fsp3) is 0.0833. The molecule has 0 aliphatic carbocycles. The van der Waals surface area contributed by atoms with Crippen molar-refractivity contribution in [1.29, 1.82) is 0 Å². The summed E-state index contributed by atoms with van der Waals surface area (Å²) in [5.74, 6) is 0.534. The zero-order valence-electron chi connectivity index (χ0n) is 17.1. The molecule has 0 saturated heterocycles. The van der Waals surface area contributed by atoms with Crippen molar-refractivity contribution in [2.24, 2.45) is 0 Å². The van der Waals surface area contributed by atoms with Crippen molar-refractivity contribution < 1.29 is 4.39 Å². The molecular weight excluding hydrogens is 405 g/mol. The van der Waals surface area contributed by atoms with Crippen LogP contribution >= 0.6 is 0 Å². The molecule has 0 spiro atoms. The van der Waals surface area contributed by atoms with E-state index in [1.165, 1.54) is 12.1 Å². The number of hydrogen-bond donors (Lipinski definition) is 2. The highest BCUT2D eigenvalue weighted by Gasteiger charge is 2.18. The molecule has 0 atom stereocenters. The minimum atomic E-state index is -0.319. The molecular formula is C24H20FN7. The summed E-state index contributed by atoms with van der Waals surface area (Å²) in [5, 5.41) is 8.48. The van der Waals surface area contributed by atoms with Crippen LogP contribution in [-0.2, 0) is 13.1 Å². The van der Waals surface area contributed by atoms with Gasteiger partial charge < -0.3 is 11.1 Å². The highest BCUT2D eigenvalue weighted by atomic mass is 19.1. The Morgan fingerprint density at radius 3 is 2.44 bits per heavy atom. The number of hydrogen-bond acceptors (Lipinski definition) is 6. The van der Waals surface area contributed by atoms with E-state index in [0.717, 1.165) is 16.8 Å². The van der Waals surface area contributed by atoms with Crippen LogP contribution in [0.5, 0.6) is 0 Å². The lowest BCUT2D eigenvalue weighted by atomic mass is 10.1. The Labute approximate surface area is 183 Å². The fourth-order valence-corrected chi connectivity index (χ4v) is 3.50. The van der Waals surface area contributed by atoms with Crippen molar-refractivity contribution in [2.75, 3.05) is 11.1 Å². The number of aromatic nitrogens is 5. The molecule has 8 heteroatoms. The molecule has 0 fully saturated rings. The first kappa shape index (κ1) is 19.6. The molecule has 0 unspecified atom stereocenters. The van der Waals surface area contributed by atoms with Crippen LogP contribution in [0.25, 0.3) is 22.3 Å². The summed E-state index contributed by atoms with van der Waals surface area (Å²) in [6, 6.07) is 21.8. The molecule has 2 aromatic carbocycles. The number of benzene rings is 2. The standard InChI is InChI=1S/C24H20FN7/c25-18-11-9-17(10-12-18)21-20-22(26)32(15-16-6-2-1-3-7-16)31-23(20)30-24(29-21)28-14-19-8-4-5-13-27-19/h1-13H,14-15,26H2,(H,28,30,31). The van der Waals surface area contributed by atoms with Gasteiger partial charge in [0.25, 0.3) is 0 Å². The number of nitrogens with two attached hydrogens (primary N) is 1.